The monoisotopic (exact) mass is 480 g/mol. The van der Waals surface area contributed by atoms with E-state index in [1.807, 2.05) is 12.1 Å². The van der Waals surface area contributed by atoms with Crippen LogP contribution >= 0.6 is 22.6 Å². The van der Waals surface area contributed by atoms with Crippen LogP contribution in [0, 0.1) is 3.57 Å². The second-order valence-corrected chi connectivity index (χ2v) is 7.84. The predicted molar refractivity (Wildman–Crippen MR) is 116 cm³/mol. The van der Waals surface area contributed by atoms with Gasteiger partial charge < -0.3 is 14.8 Å². The van der Waals surface area contributed by atoms with E-state index < -0.39 is 0 Å². The van der Waals surface area contributed by atoms with E-state index >= 15 is 0 Å². The minimum absolute atomic E-state index is 0.157. The zero-order valence-corrected chi connectivity index (χ0v) is 17.9. The predicted octanol–water partition coefficient (Wildman–Crippen LogP) is 4.55. The maximum Gasteiger partial charge on any atom is 0.256 e. The van der Waals surface area contributed by atoms with Crippen LogP contribution in [0.15, 0.2) is 36.4 Å². The van der Waals surface area contributed by atoms with Crippen molar-refractivity contribution in [3.05, 3.63) is 51.1 Å². The van der Waals surface area contributed by atoms with E-state index in [0.29, 0.717) is 17.1 Å². The number of carbonyl (C=O) groups is 1. The van der Waals surface area contributed by atoms with E-state index in [4.69, 9.17) is 9.47 Å². The van der Waals surface area contributed by atoms with Gasteiger partial charge in [0.1, 0.15) is 0 Å². The van der Waals surface area contributed by atoms with Gasteiger partial charge in [0, 0.05) is 15.8 Å². The summed E-state index contributed by atoms with van der Waals surface area (Å²) in [5, 5.41) is 3.01. The Kier molecular flexibility index (Phi) is 6.95. The number of rotatable bonds is 6. The normalized spacial score (nSPS) is 14.6. The minimum atomic E-state index is -0.157. The molecule has 0 unspecified atom stereocenters. The highest BCUT2D eigenvalue weighted by Crippen LogP contribution is 2.31. The van der Waals surface area contributed by atoms with Gasteiger partial charge in [0.25, 0.3) is 5.91 Å². The highest BCUT2D eigenvalue weighted by molar-refractivity contribution is 14.1. The minimum Gasteiger partial charge on any atom is -0.493 e. The molecule has 1 fully saturated rings. The van der Waals surface area contributed by atoms with E-state index in [0.717, 1.165) is 28.9 Å². The quantitative estimate of drug-likeness (QED) is 0.617. The van der Waals surface area contributed by atoms with Gasteiger partial charge in [-0.3, -0.25) is 9.69 Å². The molecule has 6 heteroatoms. The topological polar surface area (TPSA) is 50.8 Å². The van der Waals surface area contributed by atoms with Crippen molar-refractivity contribution in [2.45, 2.75) is 25.8 Å². The fourth-order valence-electron chi connectivity index (χ4n) is 3.35. The van der Waals surface area contributed by atoms with Gasteiger partial charge in [-0.25, -0.2) is 0 Å². The third-order valence-electron chi connectivity index (χ3n) is 4.76. The van der Waals surface area contributed by atoms with E-state index in [1.54, 1.807) is 26.4 Å². The van der Waals surface area contributed by atoms with Gasteiger partial charge in [-0.05, 0) is 78.4 Å². The number of amides is 1. The van der Waals surface area contributed by atoms with Crippen LogP contribution in [0.4, 0.5) is 5.69 Å². The molecule has 2 aromatic carbocycles. The summed E-state index contributed by atoms with van der Waals surface area (Å²) in [5.74, 6) is 0.999. The molecule has 1 aliphatic heterocycles. The fraction of sp³-hybridized carbons (Fsp3) is 0.381. The Morgan fingerprint density at radius 2 is 1.78 bits per heavy atom. The SMILES string of the molecule is COc1cc(I)c(C(=O)Nc2cccc(CN3CCCCC3)c2)cc1OC. The first-order chi connectivity index (χ1) is 13.1. The summed E-state index contributed by atoms with van der Waals surface area (Å²) in [7, 11) is 3.15. The molecule has 144 valence electrons. The first kappa shape index (κ1) is 19.9. The van der Waals surface area contributed by atoms with E-state index in [-0.39, 0.29) is 5.91 Å². The summed E-state index contributed by atoms with van der Waals surface area (Å²) in [6.07, 6.45) is 3.87. The number of hydrogen-bond donors (Lipinski definition) is 1. The van der Waals surface area contributed by atoms with Gasteiger partial charge >= 0.3 is 0 Å². The Bertz CT molecular complexity index is 804. The van der Waals surface area contributed by atoms with Crippen molar-refractivity contribution >= 4 is 34.2 Å². The first-order valence-electron chi connectivity index (χ1n) is 9.15. The molecule has 1 amide bonds. The summed E-state index contributed by atoms with van der Waals surface area (Å²) >= 11 is 2.14. The number of likely N-dealkylation sites (tertiary alicyclic amines) is 1. The molecule has 1 saturated heterocycles. The van der Waals surface area contributed by atoms with Crippen molar-refractivity contribution in [1.82, 2.24) is 4.90 Å². The summed E-state index contributed by atoms with van der Waals surface area (Å²) in [5.41, 5.74) is 2.59. The number of piperidine rings is 1. The lowest BCUT2D eigenvalue weighted by Gasteiger charge is -2.26. The highest BCUT2D eigenvalue weighted by Gasteiger charge is 2.16. The smallest absolute Gasteiger partial charge is 0.256 e. The average Bonchev–Trinajstić information content (AvgIpc) is 2.68. The van der Waals surface area contributed by atoms with Gasteiger partial charge in [0.05, 0.1) is 19.8 Å². The number of methoxy groups -OCH3 is 2. The maximum atomic E-state index is 12.8. The summed E-state index contributed by atoms with van der Waals surface area (Å²) in [6, 6.07) is 11.6. The molecule has 27 heavy (non-hydrogen) atoms. The molecule has 2 aromatic rings. The molecule has 0 aromatic heterocycles. The van der Waals surface area contributed by atoms with Crippen LogP contribution in [0.5, 0.6) is 11.5 Å². The molecule has 0 radical (unpaired) electrons. The molecular weight excluding hydrogens is 455 g/mol. The number of halogens is 1. The van der Waals surface area contributed by atoms with Crippen LogP contribution in [0.2, 0.25) is 0 Å². The number of benzene rings is 2. The fourth-order valence-corrected chi connectivity index (χ4v) is 4.03. The Labute approximate surface area is 174 Å². The van der Waals surface area contributed by atoms with Crippen LogP contribution in [0.3, 0.4) is 0 Å². The van der Waals surface area contributed by atoms with Gasteiger partial charge in [-0.15, -0.1) is 0 Å². The lowest BCUT2D eigenvalue weighted by molar-refractivity contribution is 0.102. The Morgan fingerprint density at radius 1 is 1.07 bits per heavy atom. The Balaban J connectivity index is 1.73. The van der Waals surface area contributed by atoms with Crippen molar-refractivity contribution in [3.8, 4) is 11.5 Å². The number of nitrogens with one attached hydrogen (secondary N) is 1. The summed E-state index contributed by atoms with van der Waals surface area (Å²) in [6.45, 7) is 3.23. The number of nitrogens with zero attached hydrogens (tertiary/aromatic N) is 1. The van der Waals surface area contributed by atoms with Crippen LogP contribution in [-0.4, -0.2) is 38.1 Å². The first-order valence-corrected chi connectivity index (χ1v) is 10.2. The van der Waals surface area contributed by atoms with Gasteiger partial charge in [0.15, 0.2) is 11.5 Å². The second-order valence-electron chi connectivity index (χ2n) is 6.68. The largest absolute Gasteiger partial charge is 0.493 e. The van der Waals surface area contributed by atoms with Crippen molar-refractivity contribution in [2.24, 2.45) is 0 Å². The maximum absolute atomic E-state index is 12.8. The average molecular weight is 480 g/mol. The molecule has 0 spiro atoms. The van der Waals surface area contributed by atoms with Gasteiger partial charge in [0.2, 0.25) is 0 Å². The summed E-state index contributed by atoms with van der Waals surface area (Å²) < 4.78 is 11.4. The van der Waals surface area contributed by atoms with Crippen LogP contribution in [-0.2, 0) is 6.54 Å². The van der Waals surface area contributed by atoms with Gasteiger partial charge in [-0.1, -0.05) is 18.6 Å². The molecule has 1 N–H and O–H groups in total. The molecule has 0 atom stereocenters. The molecule has 0 bridgehead atoms. The molecule has 1 heterocycles. The number of ether oxygens (including phenoxy) is 2. The van der Waals surface area contributed by atoms with Crippen molar-refractivity contribution in [3.63, 3.8) is 0 Å². The van der Waals surface area contributed by atoms with Crippen molar-refractivity contribution in [2.75, 3.05) is 32.6 Å². The highest BCUT2D eigenvalue weighted by atomic mass is 127. The zero-order valence-electron chi connectivity index (χ0n) is 15.8. The Hall–Kier alpha value is -1.80. The van der Waals surface area contributed by atoms with Crippen molar-refractivity contribution < 1.29 is 14.3 Å². The molecule has 1 aliphatic rings. The van der Waals surface area contributed by atoms with Crippen molar-refractivity contribution in [1.29, 1.82) is 0 Å². The van der Waals surface area contributed by atoms with E-state index in [9.17, 15) is 4.79 Å². The van der Waals surface area contributed by atoms with E-state index in [2.05, 4.69) is 44.9 Å². The van der Waals surface area contributed by atoms with E-state index in [1.165, 1.54) is 24.8 Å². The summed E-state index contributed by atoms with van der Waals surface area (Å²) in [4.78, 5) is 15.3. The second kappa shape index (κ2) is 9.41. The molecule has 3 rings (SSSR count). The van der Waals surface area contributed by atoms with Crippen LogP contribution < -0.4 is 14.8 Å². The molecular formula is C21H25IN2O3. The number of hydrogen-bond acceptors (Lipinski definition) is 4. The lowest BCUT2D eigenvalue weighted by atomic mass is 10.1. The van der Waals surface area contributed by atoms with Crippen LogP contribution in [0.1, 0.15) is 35.2 Å². The molecule has 0 saturated carbocycles. The third kappa shape index (κ3) is 5.13. The lowest BCUT2D eigenvalue weighted by Crippen LogP contribution is -2.29. The third-order valence-corrected chi connectivity index (χ3v) is 5.65. The zero-order chi connectivity index (χ0) is 19.2. The molecule has 0 aliphatic carbocycles. The standard InChI is InChI=1S/C21H25IN2O3/c1-26-19-12-17(18(22)13-20(19)27-2)21(25)23-16-8-6-7-15(11-16)14-24-9-4-3-5-10-24/h6-8,11-13H,3-5,9-10,14H2,1-2H3,(H,23,25). The number of carbonyl (C=O) groups excluding carboxylic acids is 1. The Morgan fingerprint density at radius 3 is 2.48 bits per heavy atom. The molecule has 5 nitrogen and oxygen atoms in total. The van der Waals surface area contributed by atoms with Gasteiger partial charge in [-0.2, -0.15) is 0 Å². The number of anilines is 1. The van der Waals surface area contributed by atoms with Crippen LogP contribution in [0.25, 0.3) is 0 Å².